The lowest BCUT2D eigenvalue weighted by atomic mass is 10.0. The number of aliphatic hydroxyl groups excluding tert-OH is 1. The summed E-state index contributed by atoms with van der Waals surface area (Å²) in [5.41, 5.74) is 1.10. The highest BCUT2D eigenvalue weighted by Crippen LogP contribution is 2.19. The Labute approximate surface area is 117 Å². The van der Waals surface area contributed by atoms with Gasteiger partial charge in [-0.1, -0.05) is 26.0 Å². The van der Waals surface area contributed by atoms with Gasteiger partial charge in [-0.05, 0) is 23.6 Å². The molecule has 0 aliphatic rings. The number of benzene rings is 1. The number of carbonyl (C=O) groups excluding carboxylic acids is 1. The van der Waals surface area contributed by atoms with Crippen molar-refractivity contribution in [2.45, 2.75) is 25.9 Å². The van der Waals surface area contributed by atoms with Gasteiger partial charge < -0.3 is 20.3 Å². The Hall–Kier alpha value is -2.08. The summed E-state index contributed by atoms with van der Waals surface area (Å²) >= 11 is 0. The first-order valence-electron chi connectivity index (χ1n) is 6.30. The van der Waals surface area contributed by atoms with Crippen LogP contribution in [-0.2, 0) is 9.59 Å². The summed E-state index contributed by atoms with van der Waals surface area (Å²) in [5.74, 6) is -0.931. The molecular formula is C14H19NO5. The fourth-order valence-electron chi connectivity index (χ4n) is 1.46. The summed E-state index contributed by atoms with van der Waals surface area (Å²) in [6.45, 7) is 3.54. The lowest BCUT2D eigenvalue weighted by molar-refractivity contribution is -0.146. The summed E-state index contributed by atoms with van der Waals surface area (Å²) in [5, 5.41) is 19.7. The summed E-state index contributed by atoms with van der Waals surface area (Å²) in [6.07, 6.45) is -1.61. The summed E-state index contributed by atoms with van der Waals surface area (Å²) in [7, 11) is 0. The average Bonchev–Trinajstić information content (AvgIpc) is 2.42. The largest absolute Gasteiger partial charge is 0.484 e. The molecule has 1 amide bonds. The minimum atomic E-state index is -1.61. The third kappa shape index (κ3) is 5.27. The molecule has 1 aromatic carbocycles. The van der Waals surface area contributed by atoms with Crippen molar-refractivity contribution < 1.29 is 24.5 Å². The second-order valence-electron chi connectivity index (χ2n) is 4.67. The van der Waals surface area contributed by atoms with E-state index in [1.54, 1.807) is 6.07 Å². The Morgan fingerprint density at radius 3 is 2.65 bits per heavy atom. The van der Waals surface area contributed by atoms with Gasteiger partial charge in [0.05, 0.1) is 6.54 Å². The third-order valence-corrected chi connectivity index (χ3v) is 2.67. The van der Waals surface area contributed by atoms with Crippen molar-refractivity contribution in [1.82, 2.24) is 5.32 Å². The zero-order valence-electron chi connectivity index (χ0n) is 11.5. The van der Waals surface area contributed by atoms with Gasteiger partial charge in [-0.15, -0.1) is 0 Å². The summed E-state index contributed by atoms with van der Waals surface area (Å²) in [6, 6.07) is 7.41. The van der Waals surface area contributed by atoms with Gasteiger partial charge in [0.25, 0.3) is 5.91 Å². The van der Waals surface area contributed by atoms with Gasteiger partial charge in [0, 0.05) is 0 Å². The molecule has 0 bridgehead atoms. The monoisotopic (exact) mass is 281 g/mol. The number of aliphatic hydroxyl groups is 1. The van der Waals surface area contributed by atoms with E-state index in [4.69, 9.17) is 14.9 Å². The number of ether oxygens (including phenoxy) is 1. The predicted octanol–water partition coefficient (Wildman–Crippen LogP) is 0.750. The van der Waals surface area contributed by atoms with Crippen LogP contribution >= 0.6 is 0 Å². The maximum Gasteiger partial charge on any atom is 0.334 e. The van der Waals surface area contributed by atoms with E-state index < -0.39 is 18.0 Å². The average molecular weight is 281 g/mol. The van der Waals surface area contributed by atoms with Crippen molar-refractivity contribution in [3.05, 3.63) is 29.8 Å². The standard InChI is InChI=1S/C14H19NO5/c1-9(2)10-4-3-5-11(6-10)20-8-13(17)15-7-12(16)14(18)19/h3-6,9,12,16H,7-8H2,1-2H3,(H,15,17)(H,18,19). The van der Waals surface area contributed by atoms with Crippen molar-refractivity contribution in [3.63, 3.8) is 0 Å². The van der Waals surface area contributed by atoms with Crippen LogP contribution < -0.4 is 10.1 Å². The number of hydrogen-bond acceptors (Lipinski definition) is 4. The van der Waals surface area contributed by atoms with E-state index in [9.17, 15) is 9.59 Å². The quantitative estimate of drug-likeness (QED) is 0.685. The number of carboxylic acids is 1. The molecule has 1 aromatic rings. The number of nitrogens with one attached hydrogen (secondary N) is 1. The molecule has 0 spiro atoms. The molecule has 0 aliphatic carbocycles. The van der Waals surface area contributed by atoms with Gasteiger partial charge in [0.1, 0.15) is 5.75 Å². The smallest absolute Gasteiger partial charge is 0.334 e. The molecule has 0 saturated carbocycles. The lowest BCUT2D eigenvalue weighted by Gasteiger charge is -2.11. The Balaban J connectivity index is 2.41. The Morgan fingerprint density at radius 1 is 1.35 bits per heavy atom. The fourth-order valence-corrected chi connectivity index (χ4v) is 1.46. The minimum Gasteiger partial charge on any atom is -0.484 e. The highest BCUT2D eigenvalue weighted by Gasteiger charge is 2.14. The van der Waals surface area contributed by atoms with E-state index in [0.717, 1.165) is 5.56 Å². The zero-order chi connectivity index (χ0) is 15.1. The molecule has 0 heterocycles. The maximum absolute atomic E-state index is 11.4. The van der Waals surface area contributed by atoms with Gasteiger partial charge in [0.2, 0.25) is 0 Å². The fraction of sp³-hybridized carbons (Fsp3) is 0.429. The predicted molar refractivity (Wildman–Crippen MR) is 72.7 cm³/mol. The van der Waals surface area contributed by atoms with Crippen molar-refractivity contribution in [2.75, 3.05) is 13.2 Å². The molecule has 1 unspecified atom stereocenters. The highest BCUT2D eigenvalue weighted by atomic mass is 16.5. The Kier molecular flexibility index (Phi) is 5.99. The van der Waals surface area contributed by atoms with Crippen molar-refractivity contribution in [2.24, 2.45) is 0 Å². The molecule has 0 fully saturated rings. The molecule has 3 N–H and O–H groups in total. The van der Waals surface area contributed by atoms with Crippen LogP contribution in [0.1, 0.15) is 25.3 Å². The van der Waals surface area contributed by atoms with Crippen LogP contribution in [0.5, 0.6) is 5.75 Å². The molecule has 6 heteroatoms. The van der Waals surface area contributed by atoms with Crippen LogP contribution in [0.2, 0.25) is 0 Å². The van der Waals surface area contributed by atoms with Crippen LogP contribution in [0, 0.1) is 0 Å². The number of hydrogen-bond donors (Lipinski definition) is 3. The highest BCUT2D eigenvalue weighted by molar-refractivity contribution is 5.79. The minimum absolute atomic E-state index is 0.228. The SMILES string of the molecule is CC(C)c1cccc(OCC(=O)NCC(O)C(=O)O)c1. The van der Waals surface area contributed by atoms with E-state index in [1.807, 2.05) is 18.2 Å². The van der Waals surface area contributed by atoms with Crippen LogP contribution in [0.25, 0.3) is 0 Å². The van der Waals surface area contributed by atoms with Crippen LogP contribution in [-0.4, -0.2) is 41.3 Å². The molecule has 0 saturated heterocycles. The van der Waals surface area contributed by atoms with Gasteiger partial charge in [-0.25, -0.2) is 4.79 Å². The van der Waals surface area contributed by atoms with Gasteiger partial charge in [0.15, 0.2) is 12.7 Å². The van der Waals surface area contributed by atoms with Crippen molar-refractivity contribution in [3.8, 4) is 5.75 Å². The summed E-state index contributed by atoms with van der Waals surface area (Å²) in [4.78, 5) is 21.8. The molecule has 0 aliphatic heterocycles. The van der Waals surface area contributed by atoms with Crippen molar-refractivity contribution >= 4 is 11.9 Å². The molecule has 110 valence electrons. The maximum atomic E-state index is 11.4. The van der Waals surface area contributed by atoms with Gasteiger partial charge >= 0.3 is 5.97 Å². The first-order valence-corrected chi connectivity index (χ1v) is 6.30. The third-order valence-electron chi connectivity index (χ3n) is 2.67. The second-order valence-corrected chi connectivity index (χ2v) is 4.67. The molecule has 0 aromatic heterocycles. The number of aliphatic carboxylic acids is 1. The van der Waals surface area contributed by atoms with Gasteiger partial charge in [-0.2, -0.15) is 0 Å². The van der Waals surface area contributed by atoms with E-state index >= 15 is 0 Å². The first kappa shape index (κ1) is 16.0. The topological polar surface area (TPSA) is 95.9 Å². The van der Waals surface area contributed by atoms with Crippen LogP contribution in [0.3, 0.4) is 0 Å². The first-order chi connectivity index (χ1) is 9.40. The number of carbonyl (C=O) groups is 2. The second kappa shape index (κ2) is 7.49. The van der Waals surface area contributed by atoms with Crippen LogP contribution in [0.4, 0.5) is 0 Å². The van der Waals surface area contributed by atoms with Crippen LogP contribution in [0.15, 0.2) is 24.3 Å². The van der Waals surface area contributed by atoms with E-state index in [-0.39, 0.29) is 13.2 Å². The number of rotatable bonds is 7. The molecule has 1 rings (SSSR count). The number of amides is 1. The summed E-state index contributed by atoms with van der Waals surface area (Å²) < 4.78 is 5.31. The number of carboxylic acid groups (broad SMARTS) is 1. The Bertz CT molecular complexity index is 472. The van der Waals surface area contributed by atoms with E-state index in [0.29, 0.717) is 11.7 Å². The molecular weight excluding hydrogens is 262 g/mol. The normalized spacial score (nSPS) is 12.0. The molecule has 1 atom stereocenters. The molecule has 6 nitrogen and oxygen atoms in total. The van der Waals surface area contributed by atoms with Crippen molar-refractivity contribution in [1.29, 1.82) is 0 Å². The zero-order valence-corrected chi connectivity index (χ0v) is 11.5. The van der Waals surface area contributed by atoms with E-state index in [1.165, 1.54) is 0 Å². The van der Waals surface area contributed by atoms with E-state index in [2.05, 4.69) is 19.2 Å². The molecule has 0 radical (unpaired) electrons. The van der Waals surface area contributed by atoms with Gasteiger partial charge in [-0.3, -0.25) is 4.79 Å². The lowest BCUT2D eigenvalue weighted by Crippen LogP contribution is -2.38. The molecule has 20 heavy (non-hydrogen) atoms. The Morgan fingerprint density at radius 2 is 2.05 bits per heavy atom.